The zero-order chi connectivity index (χ0) is 25.4. The molecule has 180 valence electrons. The van der Waals surface area contributed by atoms with Crippen molar-refractivity contribution in [2.75, 3.05) is 4.72 Å². The zero-order valence-corrected chi connectivity index (χ0v) is 19.8. The monoisotopic (exact) mass is 540 g/mol. The molecule has 0 fully saturated rings. The number of halogens is 4. The first-order valence-electron chi connectivity index (χ1n) is 9.39. The topological polar surface area (TPSA) is 123 Å². The van der Waals surface area contributed by atoms with Gasteiger partial charge in [-0.1, -0.05) is 22.9 Å². The fourth-order valence-corrected chi connectivity index (χ4v) is 5.04. The average Bonchev–Trinajstić information content (AvgIpc) is 3.40. The number of alkyl halides is 3. The summed E-state index contributed by atoms with van der Waals surface area (Å²) < 4.78 is 74.7. The summed E-state index contributed by atoms with van der Waals surface area (Å²) in [4.78, 5) is 6.98. The molecule has 0 amide bonds. The number of aromatic nitrogens is 4. The average molecular weight is 541 g/mol. The van der Waals surface area contributed by atoms with Gasteiger partial charge in [0.05, 0.1) is 28.5 Å². The fraction of sp³-hybridized carbons (Fsp3) is 0.100. The van der Waals surface area contributed by atoms with E-state index in [0.29, 0.717) is 5.69 Å². The van der Waals surface area contributed by atoms with Gasteiger partial charge in [0.15, 0.2) is 10.9 Å². The van der Waals surface area contributed by atoms with E-state index in [1.165, 1.54) is 42.3 Å². The van der Waals surface area contributed by atoms with Crippen molar-refractivity contribution in [3.05, 3.63) is 64.5 Å². The molecule has 1 aromatic carbocycles. The van der Waals surface area contributed by atoms with Gasteiger partial charge in [-0.3, -0.25) is 9.40 Å². The Kier molecular flexibility index (Phi) is 6.41. The largest absolute Gasteiger partial charge is 0.454 e. The SMILES string of the molecule is Cn1nccc1-c1cc(C(F)(F)F)ncc1Oc1ccc(S(=O)(=O)Nc2ncc(Cl)s2)cc1C#N. The molecule has 0 radical (unpaired) electrons. The van der Waals surface area contributed by atoms with Crippen LogP contribution in [0.25, 0.3) is 11.3 Å². The molecule has 35 heavy (non-hydrogen) atoms. The molecule has 4 rings (SSSR count). The van der Waals surface area contributed by atoms with Crippen LogP contribution in [0.3, 0.4) is 0 Å². The second-order valence-corrected chi connectivity index (χ2v) is 10.2. The van der Waals surface area contributed by atoms with Crippen molar-refractivity contribution in [2.24, 2.45) is 7.05 Å². The summed E-state index contributed by atoms with van der Waals surface area (Å²) >= 11 is 6.67. The third-order valence-corrected chi connectivity index (χ3v) is 7.05. The molecule has 15 heteroatoms. The van der Waals surface area contributed by atoms with Gasteiger partial charge in [0.25, 0.3) is 10.0 Å². The minimum atomic E-state index is -4.70. The van der Waals surface area contributed by atoms with Crippen LogP contribution in [-0.4, -0.2) is 28.2 Å². The van der Waals surface area contributed by atoms with Crippen molar-refractivity contribution in [3.63, 3.8) is 0 Å². The Hall–Kier alpha value is -3.67. The minimum Gasteiger partial charge on any atom is -0.454 e. The van der Waals surface area contributed by atoms with Crippen molar-refractivity contribution in [2.45, 2.75) is 11.1 Å². The maximum Gasteiger partial charge on any atom is 0.433 e. The molecule has 3 aromatic heterocycles. The van der Waals surface area contributed by atoms with Crippen LogP contribution in [0.4, 0.5) is 18.3 Å². The molecule has 3 heterocycles. The lowest BCUT2D eigenvalue weighted by Crippen LogP contribution is -2.13. The minimum absolute atomic E-state index is 0.0234. The summed E-state index contributed by atoms with van der Waals surface area (Å²) in [5.74, 6) is -0.182. The van der Waals surface area contributed by atoms with E-state index in [1.54, 1.807) is 0 Å². The number of thiazole rings is 1. The van der Waals surface area contributed by atoms with Gasteiger partial charge in [0, 0.05) is 18.8 Å². The number of anilines is 1. The van der Waals surface area contributed by atoms with Crippen molar-refractivity contribution >= 4 is 38.1 Å². The number of sulfonamides is 1. The maximum atomic E-state index is 13.3. The molecule has 0 aliphatic carbocycles. The number of hydrogen-bond donors (Lipinski definition) is 1. The van der Waals surface area contributed by atoms with Crippen LogP contribution >= 0.6 is 22.9 Å². The second kappa shape index (κ2) is 9.17. The van der Waals surface area contributed by atoms with E-state index in [4.69, 9.17) is 16.3 Å². The third kappa shape index (κ3) is 5.21. The fourth-order valence-electron chi connectivity index (χ4n) is 2.96. The van der Waals surface area contributed by atoms with E-state index in [0.717, 1.165) is 29.7 Å². The van der Waals surface area contributed by atoms with E-state index in [9.17, 15) is 26.9 Å². The Morgan fingerprint density at radius 1 is 1.17 bits per heavy atom. The van der Waals surface area contributed by atoms with Crippen LogP contribution in [0.5, 0.6) is 11.5 Å². The number of nitrogens with zero attached hydrogens (tertiary/aromatic N) is 5. The zero-order valence-electron chi connectivity index (χ0n) is 17.4. The Balaban J connectivity index is 1.72. The lowest BCUT2D eigenvalue weighted by Gasteiger charge is -2.15. The number of rotatable bonds is 6. The number of nitrogens with one attached hydrogen (secondary N) is 1. The first-order chi connectivity index (χ1) is 16.5. The van der Waals surface area contributed by atoms with Crippen molar-refractivity contribution in [1.82, 2.24) is 19.7 Å². The van der Waals surface area contributed by atoms with Crippen molar-refractivity contribution in [1.29, 1.82) is 5.26 Å². The van der Waals surface area contributed by atoms with Gasteiger partial charge in [0.1, 0.15) is 21.8 Å². The molecule has 0 saturated heterocycles. The van der Waals surface area contributed by atoms with Crippen LogP contribution in [0.1, 0.15) is 11.3 Å². The molecule has 0 bridgehead atoms. The molecule has 9 nitrogen and oxygen atoms in total. The highest BCUT2D eigenvalue weighted by atomic mass is 35.5. The molecule has 1 N–H and O–H groups in total. The van der Waals surface area contributed by atoms with Gasteiger partial charge in [0.2, 0.25) is 0 Å². The van der Waals surface area contributed by atoms with Gasteiger partial charge in [-0.25, -0.2) is 18.4 Å². The Labute approximate surface area is 205 Å². The van der Waals surface area contributed by atoms with Crippen LogP contribution in [-0.2, 0) is 23.2 Å². The predicted octanol–water partition coefficient (Wildman–Crippen LogP) is 5.08. The summed E-state index contributed by atoms with van der Waals surface area (Å²) in [6.45, 7) is 0. The number of aryl methyl sites for hydroxylation is 1. The summed E-state index contributed by atoms with van der Waals surface area (Å²) in [7, 11) is -2.57. The van der Waals surface area contributed by atoms with Crippen LogP contribution in [0, 0.1) is 11.3 Å². The lowest BCUT2D eigenvalue weighted by molar-refractivity contribution is -0.141. The van der Waals surface area contributed by atoms with Gasteiger partial charge < -0.3 is 4.74 Å². The Bertz CT molecular complexity index is 1560. The highest BCUT2D eigenvalue weighted by molar-refractivity contribution is 7.93. The second-order valence-electron chi connectivity index (χ2n) is 6.85. The highest BCUT2D eigenvalue weighted by Crippen LogP contribution is 2.38. The molecular weight excluding hydrogens is 529 g/mol. The molecule has 0 aliphatic rings. The van der Waals surface area contributed by atoms with Gasteiger partial charge >= 0.3 is 6.18 Å². The predicted molar refractivity (Wildman–Crippen MR) is 121 cm³/mol. The smallest absolute Gasteiger partial charge is 0.433 e. The third-order valence-electron chi connectivity index (χ3n) is 4.56. The Morgan fingerprint density at radius 2 is 1.94 bits per heavy atom. The summed E-state index contributed by atoms with van der Waals surface area (Å²) in [6.07, 6.45) is -1.14. The van der Waals surface area contributed by atoms with Gasteiger partial charge in [-0.05, 0) is 30.3 Å². The first kappa shape index (κ1) is 24.5. The number of hydrogen-bond acceptors (Lipinski definition) is 8. The summed E-state index contributed by atoms with van der Waals surface area (Å²) in [6, 6.07) is 7.57. The molecular formula is C20H12ClF3N6O3S2. The van der Waals surface area contributed by atoms with E-state index in [-0.39, 0.29) is 37.0 Å². The first-order valence-corrected chi connectivity index (χ1v) is 12.1. The highest BCUT2D eigenvalue weighted by Gasteiger charge is 2.34. The van der Waals surface area contributed by atoms with Crippen LogP contribution in [0.15, 0.2) is 53.8 Å². The van der Waals surface area contributed by atoms with Gasteiger partial charge in [-0.2, -0.15) is 23.5 Å². The molecule has 0 saturated carbocycles. The summed E-state index contributed by atoms with van der Waals surface area (Å²) in [5.41, 5.74) is -0.996. The van der Waals surface area contributed by atoms with E-state index >= 15 is 0 Å². The molecule has 0 aliphatic heterocycles. The lowest BCUT2D eigenvalue weighted by atomic mass is 10.1. The van der Waals surface area contributed by atoms with E-state index in [1.807, 2.05) is 6.07 Å². The summed E-state index contributed by atoms with van der Waals surface area (Å²) in [5, 5.41) is 13.6. The molecule has 0 atom stereocenters. The quantitative estimate of drug-likeness (QED) is 0.362. The van der Waals surface area contributed by atoms with Gasteiger partial charge in [-0.15, -0.1) is 0 Å². The van der Waals surface area contributed by atoms with E-state index in [2.05, 4.69) is 19.8 Å². The van der Waals surface area contributed by atoms with Crippen molar-refractivity contribution in [3.8, 4) is 28.8 Å². The number of benzene rings is 1. The van der Waals surface area contributed by atoms with Crippen LogP contribution in [0.2, 0.25) is 4.34 Å². The number of nitriles is 1. The standard InChI is InChI=1S/C20H12ClF3N6O3S2/c1-30-14(4-5-28-30)13-7-17(20(22,23)24)26-9-16(13)33-15-3-2-12(6-11(15)8-25)35(31,32)29-19-27-10-18(21)34-19/h2-7,9-10H,1H3,(H,27,29). The number of ether oxygens (including phenoxy) is 1. The molecule has 0 spiro atoms. The van der Waals surface area contributed by atoms with Crippen LogP contribution < -0.4 is 9.46 Å². The normalized spacial score (nSPS) is 11.8. The maximum absolute atomic E-state index is 13.3. The molecule has 0 unspecified atom stereocenters. The van der Waals surface area contributed by atoms with Crippen molar-refractivity contribution < 1.29 is 26.3 Å². The van der Waals surface area contributed by atoms with E-state index < -0.39 is 21.9 Å². The number of pyridine rings is 1. The molecule has 4 aromatic rings. The Morgan fingerprint density at radius 3 is 2.54 bits per heavy atom.